The molecular weight excluding hydrogens is 284 g/mol. The van der Waals surface area contributed by atoms with Crippen molar-refractivity contribution in [1.82, 2.24) is 10.2 Å². The number of nitrogens with zero attached hydrogens (tertiary/aromatic N) is 1. The second-order valence-corrected chi connectivity index (χ2v) is 6.81. The third-order valence-electron chi connectivity index (χ3n) is 3.94. The molecule has 2 rings (SSSR count). The monoisotopic (exact) mass is 308 g/mol. The zero-order chi connectivity index (χ0) is 15.2. The van der Waals surface area contributed by atoms with Crippen LogP contribution in [0.25, 0.3) is 0 Å². The van der Waals surface area contributed by atoms with E-state index in [9.17, 15) is 4.79 Å². The average Bonchev–Trinajstić information content (AvgIpc) is 2.37. The van der Waals surface area contributed by atoms with Crippen LogP contribution in [0.15, 0.2) is 24.3 Å². The van der Waals surface area contributed by atoms with Gasteiger partial charge in [0.1, 0.15) is 0 Å². The highest BCUT2D eigenvalue weighted by molar-refractivity contribution is 6.30. The number of carbonyl (C=O) groups is 1. The molecule has 0 radical (unpaired) electrons. The molecule has 0 aliphatic carbocycles. The molecule has 1 aromatic rings. The molecule has 0 bridgehead atoms. The molecule has 116 valence electrons. The Bertz CT molecular complexity index is 468. The fraction of sp³-hybridized carbons (Fsp3) is 0.588. The predicted molar refractivity (Wildman–Crippen MR) is 87.6 cm³/mol. The number of hydrogen-bond donors (Lipinski definition) is 1. The number of amides is 1. The maximum Gasteiger partial charge on any atom is 0.234 e. The largest absolute Gasteiger partial charge is 0.355 e. The lowest BCUT2D eigenvalue weighted by Gasteiger charge is -2.34. The van der Waals surface area contributed by atoms with E-state index in [1.54, 1.807) is 0 Å². The molecule has 1 aromatic carbocycles. The Hall–Kier alpha value is -1.06. The SMILES string of the molecule is C[C@H]1C[C@H](C)CN(CC(=O)NCCc2cccc(Cl)c2)C1. The topological polar surface area (TPSA) is 32.3 Å². The molecular formula is C17H25ClN2O. The summed E-state index contributed by atoms with van der Waals surface area (Å²) in [6, 6.07) is 7.78. The van der Waals surface area contributed by atoms with Gasteiger partial charge in [0, 0.05) is 24.7 Å². The highest BCUT2D eigenvalue weighted by Gasteiger charge is 2.22. The molecule has 0 saturated carbocycles. The number of halogens is 1. The number of piperidine rings is 1. The van der Waals surface area contributed by atoms with Gasteiger partial charge >= 0.3 is 0 Å². The molecule has 1 N–H and O–H groups in total. The summed E-state index contributed by atoms with van der Waals surface area (Å²) in [6.07, 6.45) is 2.09. The van der Waals surface area contributed by atoms with Crippen LogP contribution in [-0.4, -0.2) is 37.0 Å². The minimum Gasteiger partial charge on any atom is -0.355 e. The van der Waals surface area contributed by atoms with Gasteiger partial charge in [-0.15, -0.1) is 0 Å². The van der Waals surface area contributed by atoms with Gasteiger partial charge in [0.15, 0.2) is 0 Å². The van der Waals surface area contributed by atoms with Crippen LogP contribution in [0.5, 0.6) is 0 Å². The second-order valence-electron chi connectivity index (χ2n) is 6.37. The number of carbonyl (C=O) groups excluding carboxylic acids is 1. The molecule has 1 fully saturated rings. The van der Waals surface area contributed by atoms with E-state index in [0.717, 1.165) is 30.1 Å². The third kappa shape index (κ3) is 5.68. The van der Waals surface area contributed by atoms with Gasteiger partial charge in [-0.05, 0) is 42.4 Å². The lowest BCUT2D eigenvalue weighted by atomic mass is 9.92. The number of nitrogens with one attached hydrogen (secondary N) is 1. The van der Waals surface area contributed by atoms with Crippen molar-refractivity contribution in [2.75, 3.05) is 26.2 Å². The molecule has 2 atom stereocenters. The van der Waals surface area contributed by atoms with E-state index in [1.807, 2.05) is 24.3 Å². The van der Waals surface area contributed by atoms with Crippen LogP contribution in [0, 0.1) is 11.8 Å². The lowest BCUT2D eigenvalue weighted by molar-refractivity contribution is -0.122. The summed E-state index contributed by atoms with van der Waals surface area (Å²) in [5, 5.41) is 3.75. The first kappa shape index (κ1) is 16.3. The molecule has 0 aromatic heterocycles. The minimum absolute atomic E-state index is 0.123. The van der Waals surface area contributed by atoms with Gasteiger partial charge in [0.25, 0.3) is 0 Å². The van der Waals surface area contributed by atoms with Crippen LogP contribution in [0.1, 0.15) is 25.8 Å². The van der Waals surface area contributed by atoms with Crippen LogP contribution in [-0.2, 0) is 11.2 Å². The zero-order valence-electron chi connectivity index (χ0n) is 12.9. The van der Waals surface area contributed by atoms with Gasteiger partial charge in [-0.3, -0.25) is 9.69 Å². The van der Waals surface area contributed by atoms with E-state index in [-0.39, 0.29) is 5.91 Å². The summed E-state index contributed by atoms with van der Waals surface area (Å²) in [4.78, 5) is 14.3. The first-order valence-electron chi connectivity index (χ1n) is 7.76. The Labute approximate surface area is 132 Å². The van der Waals surface area contributed by atoms with Crippen molar-refractivity contribution < 1.29 is 4.79 Å². The quantitative estimate of drug-likeness (QED) is 0.907. The van der Waals surface area contributed by atoms with Gasteiger partial charge in [-0.25, -0.2) is 0 Å². The molecule has 1 amide bonds. The van der Waals surface area contributed by atoms with E-state index >= 15 is 0 Å². The second kappa shape index (κ2) is 7.81. The van der Waals surface area contributed by atoms with Crippen LogP contribution >= 0.6 is 11.6 Å². The average molecular weight is 309 g/mol. The Morgan fingerprint density at radius 2 is 2.05 bits per heavy atom. The van der Waals surface area contributed by atoms with E-state index in [0.29, 0.717) is 24.9 Å². The van der Waals surface area contributed by atoms with E-state index in [1.165, 1.54) is 6.42 Å². The fourth-order valence-electron chi connectivity index (χ4n) is 3.22. The van der Waals surface area contributed by atoms with Crippen LogP contribution in [0.2, 0.25) is 5.02 Å². The van der Waals surface area contributed by atoms with E-state index < -0.39 is 0 Å². The smallest absolute Gasteiger partial charge is 0.234 e. The zero-order valence-corrected chi connectivity index (χ0v) is 13.7. The number of benzene rings is 1. The van der Waals surface area contributed by atoms with Crippen molar-refractivity contribution in [2.45, 2.75) is 26.7 Å². The first-order chi connectivity index (χ1) is 10.0. The van der Waals surface area contributed by atoms with Crippen molar-refractivity contribution in [3.05, 3.63) is 34.9 Å². The molecule has 1 saturated heterocycles. The van der Waals surface area contributed by atoms with Crippen molar-refractivity contribution in [1.29, 1.82) is 0 Å². The maximum absolute atomic E-state index is 12.0. The van der Waals surface area contributed by atoms with Crippen molar-refractivity contribution >= 4 is 17.5 Å². The maximum atomic E-state index is 12.0. The molecule has 0 spiro atoms. The van der Waals surface area contributed by atoms with Gasteiger partial charge in [-0.2, -0.15) is 0 Å². The van der Waals surface area contributed by atoms with Crippen LogP contribution in [0.4, 0.5) is 0 Å². The Morgan fingerprint density at radius 3 is 2.71 bits per heavy atom. The predicted octanol–water partition coefficient (Wildman–Crippen LogP) is 2.98. The van der Waals surface area contributed by atoms with E-state index in [4.69, 9.17) is 11.6 Å². The summed E-state index contributed by atoms with van der Waals surface area (Å²) in [5.74, 6) is 1.50. The number of likely N-dealkylation sites (tertiary alicyclic amines) is 1. The number of hydrogen-bond acceptors (Lipinski definition) is 2. The molecule has 1 aliphatic rings. The lowest BCUT2D eigenvalue weighted by Crippen LogP contribution is -2.44. The van der Waals surface area contributed by atoms with Crippen LogP contribution in [0.3, 0.4) is 0 Å². The molecule has 4 heteroatoms. The summed E-state index contributed by atoms with van der Waals surface area (Å²) in [5.41, 5.74) is 1.16. The summed E-state index contributed by atoms with van der Waals surface area (Å²) in [7, 11) is 0. The van der Waals surface area contributed by atoms with Crippen molar-refractivity contribution in [2.24, 2.45) is 11.8 Å². The molecule has 21 heavy (non-hydrogen) atoms. The van der Waals surface area contributed by atoms with Gasteiger partial charge in [-0.1, -0.05) is 37.6 Å². The number of rotatable bonds is 5. The van der Waals surface area contributed by atoms with Crippen molar-refractivity contribution in [3.8, 4) is 0 Å². The third-order valence-corrected chi connectivity index (χ3v) is 4.17. The van der Waals surface area contributed by atoms with Gasteiger partial charge in [0.2, 0.25) is 5.91 Å². The Balaban J connectivity index is 1.70. The van der Waals surface area contributed by atoms with Gasteiger partial charge < -0.3 is 5.32 Å². The normalized spacial score (nSPS) is 23.0. The summed E-state index contributed by atoms with van der Waals surface area (Å²) < 4.78 is 0. The highest BCUT2D eigenvalue weighted by atomic mass is 35.5. The molecule has 1 heterocycles. The highest BCUT2D eigenvalue weighted by Crippen LogP contribution is 2.20. The summed E-state index contributed by atoms with van der Waals surface area (Å²) in [6.45, 7) is 7.78. The fourth-order valence-corrected chi connectivity index (χ4v) is 3.43. The standard InChI is InChI=1S/C17H25ClN2O/c1-13-8-14(2)11-20(10-13)12-17(21)19-7-6-15-4-3-5-16(18)9-15/h3-5,9,13-14H,6-8,10-12H2,1-2H3,(H,19,21)/t13-,14-/m0/s1. The Morgan fingerprint density at radius 1 is 1.33 bits per heavy atom. The minimum atomic E-state index is 0.123. The molecule has 1 aliphatic heterocycles. The van der Waals surface area contributed by atoms with Gasteiger partial charge in [0.05, 0.1) is 6.54 Å². The summed E-state index contributed by atoms with van der Waals surface area (Å²) >= 11 is 5.95. The van der Waals surface area contributed by atoms with E-state index in [2.05, 4.69) is 24.1 Å². The molecule has 3 nitrogen and oxygen atoms in total. The first-order valence-corrected chi connectivity index (χ1v) is 8.14. The van der Waals surface area contributed by atoms with Crippen LogP contribution < -0.4 is 5.32 Å². The molecule has 0 unspecified atom stereocenters. The van der Waals surface area contributed by atoms with Crippen molar-refractivity contribution in [3.63, 3.8) is 0 Å². The Kier molecular flexibility index (Phi) is 6.07.